The number of ether oxygens (including phenoxy) is 4. The van der Waals surface area contributed by atoms with Gasteiger partial charge in [0.15, 0.2) is 11.5 Å². The van der Waals surface area contributed by atoms with Gasteiger partial charge in [-0.2, -0.15) is 5.10 Å². The summed E-state index contributed by atoms with van der Waals surface area (Å²) in [7, 11) is 4.84. The highest BCUT2D eigenvalue weighted by molar-refractivity contribution is 7.12. The Labute approximate surface area is 179 Å². The fraction of sp³-hybridized carbons (Fsp3) is 0.261. The summed E-state index contributed by atoms with van der Waals surface area (Å²) < 4.78 is 23.2. The molecular weight excluding hydrogens is 400 g/mol. The highest BCUT2D eigenvalue weighted by atomic mass is 32.1. The minimum atomic E-state index is -0.447. The lowest BCUT2D eigenvalue weighted by molar-refractivity contribution is -0.0205. The molecule has 0 N–H and O–H groups in total. The summed E-state index contributed by atoms with van der Waals surface area (Å²) in [5.74, 6) is 2.59. The van der Waals surface area contributed by atoms with Gasteiger partial charge in [-0.3, -0.25) is 0 Å². The number of hydrogen-bond acceptors (Lipinski definition) is 7. The first-order chi connectivity index (χ1) is 14.7. The maximum Gasteiger partial charge on any atom is 0.217 e. The van der Waals surface area contributed by atoms with Crippen molar-refractivity contribution in [3.63, 3.8) is 0 Å². The van der Waals surface area contributed by atoms with Crippen LogP contribution in [-0.2, 0) is 0 Å². The lowest BCUT2D eigenvalue weighted by Crippen LogP contribution is -2.34. The molecule has 2 atom stereocenters. The molecule has 0 amide bonds. The third-order valence-electron chi connectivity index (χ3n) is 5.51. The van der Waals surface area contributed by atoms with Gasteiger partial charge in [-0.15, -0.1) is 11.3 Å². The molecule has 30 heavy (non-hydrogen) atoms. The van der Waals surface area contributed by atoms with Crippen LogP contribution >= 0.6 is 11.3 Å². The van der Waals surface area contributed by atoms with E-state index in [1.54, 1.807) is 32.7 Å². The van der Waals surface area contributed by atoms with Crippen molar-refractivity contribution in [1.82, 2.24) is 5.01 Å². The second-order valence-electron chi connectivity index (χ2n) is 7.06. The van der Waals surface area contributed by atoms with Gasteiger partial charge in [0.05, 0.1) is 43.5 Å². The monoisotopic (exact) mass is 422 g/mol. The van der Waals surface area contributed by atoms with Crippen molar-refractivity contribution >= 4 is 17.0 Å². The lowest BCUT2D eigenvalue weighted by atomic mass is 9.97. The lowest BCUT2D eigenvalue weighted by Gasteiger charge is -2.38. The molecule has 2 aliphatic rings. The van der Waals surface area contributed by atoms with Gasteiger partial charge in [0, 0.05) is 12.0 Å². The molecule has 5 rings (SSSR count). The van der Waals surface area contributed by atoms with E-state index >= 15 is 0 Å². The Morgan fingerprint density at radius 1 is 0.933 bits per heavy atom. The number of thiophene rings is 1. The Kier molecular flexibility index (Phi) is 4.75. The molecule has 7 heteroatoms. The van der Waals surface area contributed by atoms with Gasteiger partial charge in [-0.25, -0.2) is 5.01 Å². The average Bonchev–Trinajstić information content (AvgIpc) is 3.47. The van der Waals surface area contributed by atoms with Crippen LogP contribution in [0.4, 0.5) is 0 Å². The summed E-state index contributed by atoms with van der Waals surface area (Å²) in [5.41, 5.74) is 3.05. The van der Waals surface area contributed by atoms with Crippen LogP contribution in [-0.4, -0.2) is 32.0 Å². The van der Waals surface area contributed by atoms with E-state index < -0.39 is 6.23 Å². The van der Waals surface area contributed by atoms with Crippen LogP contribution in [0.5, 0.6) is 23.0 Å². The SMILES string of the molecule is COc1ccc([C@@H]2Oc3ccccc3[C@H]3CC(c4cccs4)=NN32)c(OC)c1OC. The zero-order valence-electron chi connectivity index (χ0n) is 17.0. The molecule has 0 spiro atoms. The van der Waals surface area contributed by atoms with Crippen molar-refractivity contribution < 1.29 is 18.9 Å². The number of hydrazone groups is 1. The Morgan fingerprint density at radius 3 is 2.50 bits per heavy atom. The van der Waals surface area contributed by atoms with E-state index in [-0.39, 0.29) is 6.04 Å². The predicted molar refractivity (Wildman–Crippen MR) is 116 cm³/mol. The molecule has 3 heterocycles. The van der Waals surface area contributed by atoms with Crippen molar-refractivity contribution in [2.24, 2.45) is 5.10 Å². The summed E-state index contributed by atoms with van der Waals surface area (Å²) in [6, 6.07) is 16.2. The van der Waals surface area contributed by atoms with Crippen LogP contribution in [0.2, 0.25) is 0 Å². The molecule has 6 nitrogen and oxygen atoms in total. The van der Waals surface area contributed by atoms with Crippen LogP contribution in [0.15, 0.2) is 59.0 Å². The number of hydrogen-bond donors (Lipinski definition) is 0. The van der Waals surface area contributed by atoms with E-state index in [0.29, 0.717) is 17.2 Å². The molecule has 1 aromatic heterocycles. The Bertz CT molecular complexity index is 1100. The molecule has 0 bridgehead atoms. The second kappa shape index (κ2) is 7.57. The fourth-order valence-electron chi connectivity index (χ4n) is 4.15. The van der Waals surface area contributed by atoms with Gasteiger partial charge in [0.25, 0.3) is 0 Å². The molecule has 154 valence electrons. The Hall–Kier alpha value is -3.19. The number of rotatable bonds is 5. The summed E-state index contributed by atoms with van der Waals surface area (Å²) >= 11 is 1.70. The minimum Gasteiger partial charge on any atom is -0.493 e. The third-order valence-corrected chi connectivity index (χ3v) is 6.42. The molecule has 0 saturated heterocycles. The Morgan fingerprint density at radius 2 is 1.77 bits per heavy atom. The molecule has 0 unspecified atom stereocenters. The van der Waals surface area contributed by atoms with Gasteiger partial charge in [0.2, 0.25) is 12.0 Å². The van der Waals surface area contributed by atoms with Crippen molar-refractivity contribution in [2.45, 2.75) is 18.7 Å². The molecule has 3 aromatic rings. The summed E-state index contributed by atoms with van der Waals surface area (Å²) in [4.78, 5) is 1.18. The van der Waals surface area contributed by atoms with Crippen molar-refractivity contribution in [3.05, 3.63) is 69.9 Å². The number of methoxy groups -OCH3 is 3. The smallest absolute Gasteiger partial charge is 0.217 e. The zero-order valence-corrected chi connectivity index (χ0v) is 17.8. The zero-order chi connectivity index (χ0) is 20.7. The largest absolute Gasteiger partial charge is 0.493 e. The molecule has 0 saturated carbocycles. The number of nitrogens with zero attached hydrogens (tertiary/aromatic N) is 2. The van der Waals surface area contributed by atoms with Crippen LogP contribution in [0.25, 0.3) is 0 Å². The standard InChI is InChI=1S/C23H22N2O4S/c1-26-19-11-10-15(21(27-2)22(19)28-3)23-25-17(14-7-4-5-8-18(14)29-23)13-16(24-25)20-9-6-12-30-20/h4-12,17,23H,13H2,1-3H3/t17-,23+/m1/s1. The summed E-state index contributed by atoms with van der Waals surface area (Å²) in [5, 5.41) is 9.11. The number of para-hydroxylation sites is 1. The molecule has 0 radical (unpaired) electrons. The van der Waals surface area contributed by atoms with Gasteiger partial charge < -0.3 is 18.9 Å². The average molecular weight is 423 g/mol. The van der Waals surface area contributed by atoms with Crippen molar-refractivity contribution in [2.75, 3.05) is 21.3 Å². The van der Waals surface area contributed by atoms with E-state index in [1.165, 1.54) is 4.88 Å². The van der Waals surface area contributed by atoms with Crippen LogP contribution in [0, 0.1) is 0 Å². The van der Waals surface area contributed by atoms with Crippen molar-refractivity contribution in [1.29, 1.82) is 0 Å². The number of benzene rings is 2. The summed E-state index contributed by atoms with van der Waals surface area (Å²) in [6.07, 6.45) is 0.379. The third kappa shape index (κ3) is 2.89. The highest BCUT2D eigenvalue weighted by Crippen LogP contribution is 2.51. The maximum absolute atomic E-state index is 6.46. The fourth-order valence-corrected chi connectivity index (χ4v) is 4.87. The molecule has 2 aromatic carbocycles. The topological polar surface area (TPSA) is 52.5 Å². The van der Waals surface area contributed by atoms with Gasteiger partial charge in [-0.05, 0) is 29.6 Å². The van der Waals surface area contributed by atoms with E-state index in [9.17, 15) is 0 Å². The van der Waals surface area contributed by atoms with E-state index in [4.69, 9.17) is 24.0 Å². The van der Waals surface area contributed by atoms with E-state index in [2.05, 4.69) is 23.6 Å². The quantitative estimate of drug-likeness (QED) is 0.578. The highest BCUT2D eigenvalue weighted by Gasteiger charge is 2.42. The van der Waals surface area contributed by atoms with Gasteiger partial charge in [-0.1, -0.05) is 24.3 Å². The van der Waals surface area contributed by atoms with Crippen molar-refractivity contribution in [3.8, 4) is 23.0 Å². The minimum absolute atomic E-state index is 0.0925. The normalized spacial score (nSPS) is 19.4. The predicted octanol–water partition coefficient (Wildman–Crippen LogP) is 5.02. The van der Waals surface area contributed by atoms with Gasteiger partial charge >= 0.3 is 0 Å². The Balaban J connectivity index is 1.65. The molecule has 2 aliphatic heterocycles. The molecular formula is C23H22N2O4S. The molecule has 0 fully saturated rings. The maximum atomic E-state index is 6.46. The second-order valence-corrected chi connectivity index (χ2v) is 8.00. The first-order valence-electron chi connectivity index (χ1n) is 9.69. The van der Waals surface area contributed by atoms with Gasteiger partial charge in [0.1, 0.15) is 5.75 Å². The van der Waals surface area contributed by atoms with Crippen LogP contribution in [0.1, 0.15) is 34.7 Å². The van der Waals surface area contributed by atoms with E-state index in [1.807, 2.05) is 35.3 Å². The first kappa shape index (κ1) is 18.8. The van der Waals surface area contributed by atoms with Crippen LogP contribution < -0.4 is 18.9 Å². The summed E-state index contributed by atoms with van der Waals surface area (Å²) in [6.45, 7) is 0. The number of fused-ring (bicyclic) bond motifs is 3. The first-order valence-corrected chi connectivity index (χ1v) is 10.6. The van der Waals surface area contributed by atoms with E-state index in [0.717, 1.165) is 29.0 Å². The molecule has 0 aliphatic carbocycles. The van der Waals surface area contributed by atoms with Crippen LogP contribution in [0.3, 0.4) is 0 Å².